The van der Waals surface area contributed by atoms with Crippen molar-refractivity contribution in [2.75, 3.05) is 0 Å². The third kappa shape index (κ3) is 1.99. The predicted molar refractivity (Wildman–Crippen MR) is 85.6 cm³/mol. The number of nitrogens with zero attached hydrogens (tertiary/aromatic N) is 1. The molecule has 0 fully saturated rings. The summed E-state index contributed by atoms with van der Waals surface area (Å²) < 4.78 is 2.31. The van der Waals surface area contributed by atoms with Crippen LogP contribution in [0.5, 0.6) is 0 Å². The zero-order chi connectivity index (χ0) is 14.2. The second-order valence-corrected chi connectivity index (χ2v) is 5.60. The Balaban J connectivity index is 1.90. The molecule has 0 amide bonds. The summed E-state index contributed by atoms with van der Waals surface area (Å²) in [6, 6.07) is 21.8. The molecule has 0 aliphatic carbocycles. The van der Waals surface area contributed by atoms with Crippen LogP contribution >= 0.6 is 0 Å². The Morgan fingerprint density at radius 1 is 0.952 bits per heavy atom. The lowest BCUT2D eigenvalue weighted by Crippen LogP contribution is -2.22. The summed E-state index contributed by atoms with van der Waals surface area (Å²) >= 11 is 0. The summed E-state index contributed by atoms with van der Waals surface area (Å²) in [6.07, 6.45) is 2.16. The highest BCUT2D eigenvalue weighted by molar-refractivity contribution is 5.47. The fourth-order valence-electron chi connectivity index (χ4n) is 3.24. The molecule has 1 aromatic heterocycles. The van der Waals surface area contributed by atoms with Crippen LogP contribution in [0.15, 0.2) is 66.9 Å². The number of benzene rings is 2. The first-order chi connectivity index (χ1) is 10.3. The molecule has 4 rings (SSSR count). The van der Waals surface area contributed by atoms with Crippen molar-refractivity contribution in [3.8, 4) is 5.69 Å². The van der Waals surface area contributed by atoms with Crippen LogP contribution < -0.4 is 5.32 Å². The van der Waals surface area contributed by atoms with Gasteiger partial charge in [0.1, 0.15) is 0 Å². The second kappa shape index (κ2) is 4.90. The molecule has 2 aromatic carbocycles. The highest BCUT2D eigenvalue weighted by atomic mass is 15.1. The van der Waals surface area contributed by atoms with Gasteiger partial charge in [0.05, 0.1) is 6.04 Å². The van der Waals surface area contributed by atoms with Crippen molar-refractivity contribution in [1.29, 1.82) is 0 Å². The van der Waals surface area contributed by atoms with Crippen LogP contribution in [0.3, 0.4) is 0 Å². The standard InChI is InChI=1S/C19H18N2/c1-14-7-2-4-9-16(14)19-18-11-6-12-21(18)17-10-5-3-8-15(17)13-20-19/h2-12,19-20H,13H2,1H3/t19-/m0/s1. The van der Waals surface area contributed by atoms with Crippen molar-refractivity contribution in [2.45, 2.75) is 19.5 Å². The molecule has 2 heterocycles. The first-order valence-corrected chi connectivity index (χ1v) is 7.39. The van der Waals surface area contributed by atoms with E-state index in [0.717, 1.165) is 6.54 Å². The Bertz CT molecular complexity index is 786. The quantitative estimate of drug-likeness (QED) is 0.710. The van der Waals surface area contributed by atoms with E-state index in [1.807, 2.05) is 0 Å². The predicted octanol–water partition coefficient (Wildman–Crippen LogP) is 3.98. The lowest BCUT2D eigenvalue weighted by molar-refractivity contribution is 0.598. The van der Waals surface area contributed by atoms with Crippen molar-refractivity contribution < 1.29 is 0 Å². The Labute approximate surface area is 125 Å². The summed E-state index contributed by atoms with van der Waals surface area (Å²) in [5.74, 6) is 0. The van der Waals surface area contributed by atoms with Gasteiger partial charge < -0.3 is 9.88 Å². The first kappa shape index (κ1) is 12.4. The number of hydrogen-bond donors (Lipinski definition) is 1. The van der Waals surface area contributed by atoms with E-state index in [-0.39, 0.29) is 6.04 Å². The van der Waals surface area contributed by atoms with Gasteiger partial charge in [0.25, 0.3) is 0 Å². The molecule has 1 atom stereocenters. The van der Waals surface area contributed by atoms with Crippen molar-refractivity contribution in [3.63, 3.8) is 0 Å². The molecule has 21 heavy (non-hydrogen) atoms. The molecule has 1 aliphatic rings. The Hall–Kier alpha value is -2.32. The fourth-order valence-corrected chi connectivity index (χ4v) is 3.24. The average molecular weight is 274 g/mol. The smallest absolute Gasteiger partial charge is 0.0740 e. The van der Waals surface area contributed by atoms with Crippen LogP contribution in [0, 0.1) is 6.92 Å². The molecule has 0 unspecified atom stereocenters. The maximum Gasteiger partial charge on any atom is 0.0740 e. The van der Waals surface area contributed by atoms with Crippen LogP contribution in [0.1, 0.15) is 28.4 Å². The van der Waals surface area contributed by atoms with Gasteiger partial charge in [-0.05, 0) is 41.8 Å². The minimum atomic E-state index is 0.230. The number of fused-ring (bicyclic) bond motifs is 3. The van der Waals surface area contributed by atoms with Crippen LogP contribution in [0.2, 0.25) is 0 Å². The van der Waals surface area contributed by atoms with E-state index in [9.17, 15) is 0 Å². The van der Waals surface area contributed by atoms with E-state index in [4.69, 9.17) is 0 Å². The Kier molecular flexibility index (Phi) is 2.90. The lowest BCUT2D eigenvalue weighted by Gasteiger charge is -2.20. The zero-order valence-corrected chi connectivity index (χ0v) is 12.1. The number of nitrogens with one attached hydrogen (secondary N) is 1. The van der Waals surface area contributed by atoms with Crippen LogP contribution in [0.4, 0.5) is 0 Å². The van der Waals surface area contributed by atoms with Crippen LogP contribution in [-0.2, 0) is 6.54 Å². The monoisotopic (exact) mass is 274 g/mol. The number of rotatable bonds is 1. The number of aromatic nitrogens is 1. The van der Waals surface area contributed by atoms with Crippen LogP contribution in [0.25, 0.3) is 5.69 Å². The second-order valence-electron chi connectivity index (χ2n) is 5.60. The van der Waals surface area contributed by atoms with E-state index in [1.165, 1.54) is 28.1 Å². The van der Waals surface area contributed by atoms with Gasteiger partial charge >= 0.3 is 0 Å². The normalized spacial score (nSPS) is 16.9. The molecule has 1 N–H and O–H groups in total. The molecular formula is C19H18N2. The van der Waals surface area contributed by atoms with Crippen molar-refractivity contribution in [1.82, 2.24) is 9.88 Å². The minimum Gasteiger partial charge on any atom is -0.319 e. The molecular weight excluding hydrogens is 256 g/mol. The number of hydrogen-bond acceptors (Lipinski definition) is 1. The minimum absolute atomic E-state index is 0.230. The molecule has 0 saturated carbocycles. The Morgan fingerprint density at radius 3 is 2.67 bits per heavy atom. The Morgan fingerprint density at radius 2 is 1.76 bits per heavy atom. The molecule has 2 heteroatoms. The summed E-state index contributed by atoms with van der Waals surface area (Å²) in [6.45, 7) is 3.07. The summed E-state index contributed by atoms with van der Waals surface area (Å²) in [7, 11) is 0. The molecule has 0 spiro atoms. The first-order valence-electron chi connectivity index (χ1n) is 7.39. The summed E-state index contributed by atoms with van der Waals surface area (Å²) in [4.78, 5) is 0. The van der Waals surface area contributed by atoms with E-state index in [1.54, 1.807) is 0 Å². The lowest BCUT2D eigenvalue weighted by atomic mass is 9.99. The molecule has 3 aromatic rings. The highest BCUT2D eigenvalue weighted by Crippen LogP contribution is 2.31. The van der Waals surface area contributed by atoms with Crippen molar-refractivity contribution in [2.24, 2.45) is 0 Å². The summed E-state index contributed by atoms with van der Waals surface area (Å²) in [5, 5.41) is 3.72. The topological polar surface area (TPSA) is 17.0 Å². The molecule has 0 radical (unpaired) electrons. The number of aryl methyl sites for hydroxylation is 1. The van der Waals surface area contributed by atoms with Gasteiger partial charge in [0.15, 0.2) is 0 Å². The zero-order valence-electron chi connectivity index (χ0n) is 12.1. The van der Waals surface area contributed by atoms with Crippen molar-refractivity contribution >= 4 is 0 Å². The average Bonchev–Trinajstić information content (AvgIpc) is 2.93. The largest absolute Gasteiger partial charge is 0.319 e. The molecule has 0 saturated heterocycles. The van der Waals surface area contributed by atoms with Gasteiger partial charge in [-0.3, -0.25) is 0 Å². The van der Waals surface area contributed by atoms with Crippen LogP contribution in [-0.4, -0.2) is 4.57 Å². The van der Waals surface area contributed by atoms with Gasteiger partial charge in [-0.25, -0.2) is 0 Å². The molecule has 0 bridgehead atoms. The maximum absolute atomic E-state index is 3.72. The van der Waals surface area contributed by atoms with Gasteiger partial charge in [-0.15, -0.1) is 0 Å². The van der Waals surface area contributed by atoms with Gasteiger partial charge in [-0.2, -0.15) is 0 Å². The molecule has 1 aliphatic heterocycles. The van der Waals surface area contributed by atoms with E-state index >= 15 is 0 Å². The van der Waals surface area contributed by atoms with E-state index in [2.05, 4.69) is 83.7 Å². The van der Waals surface area contributed by atoms with E-state index in [0.29, 0.717) is 0 Å². The maximum atomic E-state index is 3.72. The highest BCUT2D eigenvalue weighted by Gasteiger charge is 2.23. The van der Waals surface area contributed by atoms with Gasteiger partial charge in [-0.1, -0.05) is 42.5 Å². The van der Waals surface area contributed by atoms with Gasteiger partial charge in [0, 0.05) is 24.1 Å². The van der Waals surface area contributed by atoms with Crippen molar-refractivity contribution in [3.05, 3.63) is 89.2 Å². The number of para-hydroxylation sites is 1. The van der Waals surface area contributed by atoms with E-state index < -0.39 is 0 Å². The SMILES string of the molecule is Cc1ccccc1[C@@H]1NCc2ccccc2-n2cccc21. The third-order valence-electron chi connectivity index (χ3n) is 4.32. The molecule has 2 nitrogen and oxygen atoms in total. The molecule has 104 valence electrons. The summed E-state index contributed by atoms with van der Waals surface area (Å²) in [5.41, 5.74) is 6.60. The fraction of sp³-hybridized carbons (Fsp3) is 0.158. The third-order valence-corrected chi connectivity index (χ3v) is 4.32. The van der Waals surface area contributed by atoms with Gasteiger partial charge in [0.2, 0.25) is 0 Å².